The van der Waals surface area contributed by atoms with Crippen molar-refractivity contribution in [3.05, 3.63) is 86.7 Å². The van der Waals surface area contributed by atoms with E-state index in [1.165, 1.54) is 36.4 Å². The monoisotopic (exact) mass is 607 g/mol. The first kappa shape index (κ1) is 28.9. The topological polar surface area (TPSA) is 179 Å². The lowest BCUT2D eigenvalue weighted by molar-refractivity contribution is -0.384. The summed E-state index contributed by atoms with van der Waals surface area (Å²) in [6, 6.07) is 12.1. The molecular formula is C24H22ClN5O8S2. The number of urea groups is 1. The number of thiophene rings is 1. The van der Waals surface area contributed by atoms with Gasteiger partial charge in [0, 0.05) is 35.9 Å². The van der Waals surface area contributed by atoms with Gasteiger partial charge >= 0.3 is 12.0 Å². The lowest BCUT2D eigenvalue weighted by Gasteiger charge is -2.30. The van der Waals surface area contributed by atoms with Crippen molar-refractivity contribution in [2.24, 2.45) is 0 Å². The van der Waals surface area contributed by atoms with Gasteiger partial charge in [0.1, 0.15) is 4.21 Å². The molecule has 1 aromatic heterocycles. The summed E-state index contributed by atoms with van der Waals surface area (Å²) in [5, 5.41) is 27.7. The lowest BCUT2D eigenvalue weighted by atomic mass is 10.0. The number of halogens is 1. The van der Waals surface area contributed by atoms with Gasteiger partial charge in [0.25, 0.3) is 21.6 Å². The molecule has 210 valence electrons. The number of carbonyl (C=O) groups is 3. The first-order valence-electron chi connectivity index (χ1n) is 11.6. The Morgan fingerprint density at radius 2 is 1.88 bits per heavy atom. The molecule has 0 bridgehead atoms. The van der Waals surface area contributed by atoms with Crippen molar-refractivity contribution in [3.8, 4) is 0 Å². The summed E-state index contributed by atoms with van der Waals surface area (Å²) in [5.41, 5.74) is 0.0922. The van der Waals surface area contributed by atoms with Crippen molar-refractivity contribution < 1.29 is 32.8 Å². The second kappa shape index (κ2) is 12.0. The fourth-order valence-corrected chi connectivity index (χ4v) is 7.01. The van der Waals surface area contributed by atoms with Crippen LogP contribution in [0.5, 0.6) is 0 Å². The molecule has 2 atom stereocenters. The Bertz CT molecular complexity index is 1550. The van der Waals surface area contributed by atoms with Crippen LogP contribution in [0.2, 0.25) is 5.02 Å². The molecule has 0 aliphatic carbocycles. The maximum absolute atomic E-state index is 13.7. The Morgan fingerprint density at radius 3 is 2.52 bits per heavy atom. The summed E-state index contributed by atoms with van der Waals surface area (Å²) >= 11 is 6.92. The average Bonchev–Trinajstić information content (AvgIpc) is 3.60. The number of non-ortho nitro benzene ring substituents is 1. The standard InChI is InChI=1S/C24H22ClN5O8S2/c25-16-5-2-6-17(13-16)26-24(34)28-9-10-29(40(37,38)21-8-3-11-39-21)23(28)22(33)27-19(14-20(31)32)15-4-1-7-18(12-15)30(35)36/h1-8,11-13,19,23H,9-10,14H2,(H,26,34)(H,27,33)(H,31,32). The van der Waals surface area contributed by atoms with E-state index in [1.54, 1.807) is 23.6 Å². The van der Waals surface area contributed by atoms with Crippen molar-refractivity contribution in [1.82, 2.24) is 14.5 Å². The highest BCUT2D eigenvalue weighted by atomic mass is 35.5. The summed E-state index contributed by atoms with van der Waals surface area (Å²) < 4.78 is 27.7. The van der Waals surface area contributed by atoms with Gasteiger partial charge in [-0.1, -0.05) is 35.9 Å². The van der Waals surface area contributed by atoms with Crippen LogP contribution in [0.15, 0.2) is 70.3 Å². The van der Waals surface area contributed by atoms with E-state index in [-0.39, 0.29) is 28.5 Å². The van der Waals surface area contributed by atoms with Crippen LogP contribution in [-0.2, 0) is 19.6 Å². The van der Waals surface area contributed by atoms with Crippen LogP contribution in [0.25, 0.3) is 0 Å². The van der Waals surface area contributed by atoms with E-state index < -0.39 is 51.5 Å². The fourth-order valence-electron chi connectivity index (χ4n) is 4.16. The number of rotatable bonds is 9. The van der Waals surface area contributed by atoms with Crippen molar-refractivity contribution in [3.63, 3.8) is 0 Å². The number of carboxylic acids is 1. The molecule has 3 amide bonds. The van der Waals surface area contributed by atoms with E-state index in [9.17, 15) is 38.0 Å². The molecule has 4 rings (SSSR count). The van der Waals surface area contributed by atoms with Gasteiger partial charge in [-0.2, -0.15) is 4.31 Å². The third kappa shape index (κ3) is 6.39. The molecule has 1 aliphatic heterocycles. The Hall–Kier alpha value is -4.05. The van der Waals surface area contributed by atoms with Crippen molar-refractivity contribution in [2.45, 2.75) is 22.8 Å². The van der Waals surface area contributed by atoms with Gasteiger partial charge in [-0.15, -0.1) is 11.3 Å². The molecule has 1 aliphatic rings. The van der Waals surface area contributed by atoms with Crippen LogP contribution >= 0.6 is 22.9 Å². The smallest absolute Gasteiger partial charge is 0.323 e. The largest absolute Gasteiger partial charge is 0.481 e. The van der Waals surface area contributed by atoms with Gasteiger partial charge in [-0.25, -0.2) is 13.2 Å². The minimum Gasteiger partial charge on any atom is -0.481 e. The van der Waals surface area contributed by atoms with Crippen LogP contribution in [0.1, 0.15) is 18.0 Å². The van der Waals surface area contributed by atoms with E-state index in [2.05, 4.69) is 10.6 Å². The molecule has 0 spiro atoms. The third-order valence-corrected chi connectivity index (χ3v) is 9.40. The number of carbonyl (C=O) groups excluding carboxylic acids is 2. The number of nitrogens with one attached hydrogen (secondary N) is 2. The highest BCUT2D eigenvalue weighted by molar-refractivity contribution is 7.91. The van der Waals surface area contributed by atoms with Gasteiger partial charge in [0.15, 0.2) is 6.17 Å². The Labute approximate surface area is 237 Å². The van der Waals surface area contributed by atoms with Crippen molar-refractivity contribution in [1.29, 1.82) is 0 Å². The number of nitrogens with zero attached hydrogens (tertiary/aromatic N) is 3. The molecule has 16 heteroatoms. The number of sulfonamides is 1. The summed E-state index contributed by atoms with van der Waals surface area (Å²) in [7, 11) is -4.23. The number of hydrogen-bond donors (Lipinski definition) is 3. The molecule has 3 aromatic rings. The predicted molar refractivity (Wildman–Crippen MR) is 145 cm³/mol. The van der Waals surface area contributed by atoms with E-state index in [0.717, 1.165) is 26.6 Å². The van der Waals surface area contributed by atoms with Gasteiger partial charge in [0.2, 0.25) is 0 Å². The number of nitro groups is 1. The van der Waals surface area contributed by atoms with Gasteiger partial charge in [-0.3, -0.25) is 24.6 Å². The highest BCUT2D eigenvalue weighted by Crippen LogP contribution is 2.29. The number of benzene rings is 2. The highest BCUT2D eigenvalue weighted by Gasteiger charge is 2.47. The van der Waals surface area contributed by atoms with Crippen LogP contribution in [0.3, 0.4) is 0 Å². The number of carboxylic acid groups (broad SMARTS) is 1. The summed E-state index contributed by atoms with van der Waals surface area (Å²) in [6.07, 6.45) is -2.35. The molecule has 3 N–H and O–H groups in total. The predicted octanol–water partition coefficient (Wildman–Crippen LogP) is 3.51. The molecule has 0 radical (unpaired) electrons. The number of aliphatic carboxylic acids is 1. The summed E-state index contributed by atoms with van der Waals surface area (Å²) in [4.78, 5) is 50.2. The third-order valence-electron chi connectivity index (χ3n) is 5.94. The van der Waals surface area contributed by atoms with Crippen LogP contribution in [-0.4, -0.2) is 64.8 Å². The Balaban J connectivity index is 1.69. The second-order valence-electron chi connectivity index (χ2n) is 8.57. The quantitative estimate of drug-likeness (QED) is 0.244. The lowest BCUT2D eigenvalue weighted by Crippen LogP contribution is -2.55. The van der Waals surface area contributed by atoms with E-state index >= 15 is 0 Å². The normalized spacial score (nSPS) is 16.3. The van der Waals surface area contributed by atoms with Crippen LogP contribution in [0.4, 0.5) is 16.2 Å². The zero-order valence-electron chi connectivity index (χ0n) is 20.5. The molecule has 1 fully saturated rings. The van der Waals surface area contributed by atoms with Crippen molar-refractivity contribution in [2.75, 3.05) is 18.4 Å². The van der Waals surface area contributed by atoms with E-state index in [1.807, 2.05) is 0 Å². The maximum atomic E-state index is 13.7. The molecule has 2 heterocycles. The Morgan fingerprint density at radius 1 is 1.12 bits per heavy atom. The van der Waals surface area contributed by atoms with Gasteiger partial charge < -0.3 is 15.7 Å². The van der Waals surface area contributed by atoms with E-state index in [4.69, 9.17) is 11.6 Å². The van der Waals surface area contributed by atoms with E-state index in [0.29, 0.717) is 10.7 Å². The van der Waals surface area contributed by atoms with Gasteiger partial charge in [-0.05, 0) is 35.2 Å². The average molecular weight is 608 g/mol. The molecule has 13 nitrogen and oxygen atoms in total. The minimum absolute atomic E-state index is 0.0526. The maximum Gasteiger partial charge on any atom is 0.323 e. The minimum atomic E-state index is -4.23. The molecule has 2 aromatic carbocycles. The Kier molecular flexibility index (Phi) is 8.68. The van der Waals surface area contributed by atoms with Gasteiger partial charge in [0.05, 0.1) is 17.4 Å². The zero-order valence-corrected chi connectivity index (χ0v) is 22.9. The summed E-state index contributed by atoms with van der Waals surface area (Å²) in [6.45, 7) is -0.378. The second-order valence-corrected chi connectivity index (χ2v) is 12.1. The SMILES string of the molecule is O=C(O)CC(NC(=O)C1N(C(=O)Nc2cccc(Cl)c2)CCN1S(=O)(=O)c1cccs1)c1cccc([N+](=O)[O-])c1. The number of hydrogen-bond acceptors (Lipinski definition) is 8. The number of nitro benzene ring substituents is 1. The van der Waals surface area contributed by atoms with Crippen LogP contribution in [0, 0.1) is 10.1 Å². The first-order chi connectivity index (χ1) is 19.0. The zero-order chi connectivity index (χ0) is 29.0. The fraction of sp³-hybridized carbons (Fsp3) is 0.208. The first-order valence-corrected chi connectivity index (χ1v) is 14.3. The van der Waals surface area contributed by atoms with Crippen LogP contribution < -0.4 is 10.6 Å². The number of anilines is 1. The number of amides is 3. The molecular weight excluding hydrogens is 586 g/mol. The summed E-state index contributed by atoms with van der Waals surface area (Å²) in [5.74, 6) is -2.31. The molecule has 0 saturated carbocycles. The molecule has 2 unspecified atom stereocenters. The van der Waals surface area contributed by atoms with Crippen molar-refractivity contribution >= 4 is 62.2 Å². The molecule has 1 saturated heterocycles. The molecule has 40 heavy (non-hydrogen) atoms.